The molecular formula is C25H30O4. The Morgan fingerprint density at radius 3 is 1.41 bits per heavy atom. The van der Waals surface area contributed by atoms with E-state index in [-0.39, 0.29) is 11.9 Å². The Kier molecular flexibility index (Phi) is 9.16. The van der Waals surface area contributed by atoms with Crippen molar-refractivity contribution in [2.45, 2.75) is 38.5 Å². The zero-order valence-corrected chi connectivity index (χ0v) is 17.4. The van der Waals surface area contributed by atoms with Crippen LogP contribution in [-0.4, -0.2) is 26.2 Å². The van der Waals surface area contributed by atoms with Crippen molar-refractivity contribution >= 4 is 11.9 Å². The fourth-order valence-electron chi connectivity index (χ4n) is 3.21. The van der Waals surface area contributed by atoms with Crippen LogP contribution in [0, 0.1) is 5.92 Å². The number of benzene rings is 2. The van der Waals surface area contributed by atoms with Gasteiger partial charge in [0.15, 0.2) is 0 Å². The van der Waals surface area contributed by atoms with E-state index in [2.05, 4.69) is 30.8 Å². The average Bonchev–Trinajstić information content (AvgIpc) is 2.75. The van der Waals surface area contributed by atoms with Crippen molar-refractivity contribution in [3.05, 3.63) is 83.4 Å². The van der Waals surface area contributed by atoms with Crippen LogP contribution >= 0.6 is 0 Å². The van der Waals surface area contributed by atoms with Crippen LogP contribution in [0.5, 0.6) is 0 Å². The molecule has 4 nitrogen and oxygen atoms in total. The van der Waals surface area contributed by atoms with E-state index in [9.17, 15) is 9.59 Å². The van der Waals surface area contributed by atoms with E-state index in [0.29, 0.717) is 18.8 Å². The molecule has 0 aliphatic heterocycles. The van der Waals surface area contributed by atoms with Crippen molar-refractivity contribution in [3.63, 3.8) is 0 Å². The van der Waals surface area contributed by atoms with Crippen molar-refractivity contribution in [2.24, 2.45) is 5.92 Å². The summed E-state index contributed by atoms with van der Waals surface area (Å²) in [6, 6.07) is 16.3. The van der Waals surface area contributed by atoms with Crippen LogP contribution in [0.1, 0.15) is 35.1 Å². The van der Waals surface area contributed by atoms with Crippen LogP contribution in [0.2, 0.25) is 0 Å². The number of aryl methyl sites for hydroxylation is 2. The fourth-order valence-corrected chi connectivity index (χ4v) is 3.21. The monoisotopic (exact) mass is 394 g/mol. The van der Waals surface area contributed by atoms with E-state index in [1.807, 2.05) is 30.3 Å². The van der Waals surface area contributed by atoms with Gasteiger partial charge in [0.05, 0.1) is 27.1 Å². The predicted octanol–water partition coefficient (Wildman–Crippen LogP) is 4.49. The normalized spacial score (nSPS) is 10.6. The standard InChI is InChI=1S/C25H30O4/c1-4-19(5-7-20-9-13-22(14-10-20)17-24(26)28-2)6-8-21-11-15-23(16-12-21)18-25(27)29-3/h4,9-16,19H,1,5-8,17-18H2,2-3H3. The van der Waals surface area contributed by atoms with E-state index in [1.54, 1.807) is 0 Å². The van der Waals surface area contributed by atoms with Crippen LogP contribution in [0.25, 0.3) is 0 Å². The average molecular weight is 395 g/mol. The molecule has 29 heavy (non-hydrogen) atoms. The Bertz CT molecular complexity index is 725. The first-order valence-electron chi connectivity index (χ1n) is 9.96. The third-order valence-electron chi connectivity index (χ3n) is 5.14. The van der Waals surface area contributed by atoms with E-state index in [4.69, 9.17) is 9.47 Å². The van der Waals surface area contributed by atoms with Gasteiger partial charge in [-0.25, -0.2) is 0 Å². The van der Waals surface area contributed by atoms with Gasteiger partial charge in [0, 0.05) is 0 Å². The highest BCUT2D eigenvalue weighted by Crippen LogP contribution is 2.18. The van der Waals surface area contributed by atoms with Gasteiger partial charge in [-0.2, -0.15) is 0 Å². The Morgan fingerprint density at radius 1 is 0.759 bits per heavy atom. The predicted molar refractivity (Wildman–Crippen MR) is 115 cm³/mol. The summed E-state index contributed by atoms with van der Waals surface area (Å²) in [4.78, 5) is 22.7. The molecule has 0 spiro atoms. The first-order valence-corrected chi connectivity index (χ1v) is 9.96. The van der Waals surface area contributed by atoms with Crippen molar-refractivity contribution in [1.82, 2.24) is 0 Å². The van der Waals surface area contributed by atoms with Crippen LogP contribution in [-0.2, 0) is 44.7 Å². The van der Waals surface area contributed by atoms with Gasteiger partial charge in [-0.1, -0.05) is 54.6 Å². The first kappa shape index (κ1) is 22.4. The summed E-state index contributed by atoms with van der Waals surface area (Å²) < 4.78 is 9.40. The molecule has 0 aromatic heterocycles. The summed E-state index contributed by atoms with van der Waals surface area (Å²) >= 11 is 0. The third-order valence-corrected chi connectivity index (χ3v) is 5.14. The maximum atomic E-state index is 11.3. The van der Waals surface area contributed by atoms with Crippen molar-refractivity contribution in [1.29, 1.82) is 0 Å². The van der Waals surface area contributed by atoms with Crippen LogP contribution in [0.15, 0.2) is 61.2 Å². The molecule has 0 N–H and O–H groups in total. The number of carbonyl (C=O) groups excluding carboxylic acids is 2. The lowest BCUT2D eigenvalue weighted by Crippen LogP contribution is -2.05. The second-order valence-electron chi connectivity index (χ2n) is 7.21. The second-order valence-corrected chi connectivity index (χ2v) is 7.21. The molecule has 0 radical (unpaired) electrons. The topological polar surface area (TPSA) is 52.6 Å². The largest absolute Gasteiger partial charge is 0.469 e. The second kappa shape index (κ2) is 11.8. The molecule has 0 aliphatic rings. The van der Waals surface area contributed by atoms with Crippen molar-refractivity contribution in [3.8, 4) is 0 Å². The maximum absolute atomic E-state index is 11.3. The summed E-state index contributed by atoms with van der Waals surface area (Å²) in [7, 11) is 2.81. The number of hydrogen-bond acceptors (Lipinski definition) is 4. The molecule has 154 valence electrons. The molecule has 0 fully saturated rings. The van der Waals surface area contributed by atoms with Crippen LogP contribution in [0.4, 0.5) is 0 Å². The molecule has 4 heteroatoms. The molecule has 0 heterocycles. The SMILES string of the molecule is C=CC(CCc1ccc(CC(=O)OC)cc1)CCc1ccc(CC(=O)OC)cc1. The number of methoxy groups -OCH3 is 2. The fraction of sp³-hybridized carbons (Fsp3) is 0.360. The Hall–Kier alpha value is -2.88. The van der Waals surface area contributed by atoms with Crippen molar-refractivity contribution < 1.29 is 19.1 Å². The van der Waals surface area contributed by atoms with E-state index < -0.39 is 0 Å². The number of ether oxygens (including phenoxy) is 2. The molecule has 2 rings (SSSR count). The van der Waals surface area contributed by atoms with Gasteiger partial charge in [0.2, 0.25) is 0 Å². The molecule has 2 aromatic carbocycles. The molecule has 0 amide bonds. The van der Waals surface area contributed by atoms with Gasteiger partial charge in [-0.05, 0) is 53.9 Å². The molecule has 0 atom stereocenters. The Labute approximate surface area is 173 Å². The zero-order chi connectivity index (χ0) is 21.1. The summed E-state index contributed by atoms with van der Waals surface area (Å²) in [5.41, 5.74) is 4.46. The molecule has 0 aliphatic carbocycles. The van der Waals surface area contributed by atoms with Crippen LogP contribution < -0.4 is 0 Å². The van der Waals surface area contributed by atoms with Gasteiger partial charge in [0.25, 0.3) is 0 Å². The minimum absolute atomic E-state index is 0.220. The molecule has 0 saturated carbocycles. The van der Waals surface area contributed by atoms with Gasteiger partial charge in [-0.3, -0.25) is 9.59 Å². The van der Waals surface area contributed by atoms with Gasteiger partial charge in [0.1, 0.15) is 0 Å². The lowest BCUT2D eigenvalue weighted by atomic mass is 9.92. The molecule has 0 saturated heterocycles. The smallest absolute Gasteiger partial charge is 0.309 e. The minimum atomic E-state index is -0.220. The van der Waals surface area contributed by atoms with Crippen LogP contribution in [0.3, 0.4) is 0 Å². The Morgan fingerprint density at radius 2 is 1.10 bits per heavy atom. The third kappa shape index (κ3) is 7.94. The molecular weight excluding hydrogens is 364 g/mol. The molecule has 2 aromatic rings. The van der Waals surface area contributed by atoms with Gasteiger partial charge in [-0.15, -0.1) is 6.58 Å². The highest BCUT2D eigenvalue weighted by atomic mass is 16.5. The zero-order valence-electron chi connectivity index (χ0n) is 17.4. The number of carbonyl (C=O) groups is 2. The van der Waals surface area contributed by atoms with E-state index in [0.717, 1.165) is 36.8 Å². The minimum Gasteiger partial charge on any atom is -0.469 e. The quantitative estimate of drug-likeness (QED) is 0.416. The first-order chi connectivity index (χ1) is 14.0. The van der Waals surface area contributed by atoms with E-state index in [1.165, 1.54) is 25.3 Å². The number of esters is 2. The summed E-state index contributed by atoms with van der Waals surface area (Å²) in [6.07, 6.45) is 6.70. The summed E-state index contributed by atoms with van der Waals surface area (Å²) in [5.74, 6) is 0.00471. The van der Waals surface area contributed by atoms with Gasteiger partial charge >= 0.3 is 11.9 Å². The summed E-state index contributed by atoms with van der Waals surface area (Å²) in [6.45, 7) is 4.00. The Balaban J connectivity index is 1.79. The highest BCUT2D eigenvalue weighted by molar-refractivity contribution is 5.72. The lowest BCUT2D eigenvalue weighted by molar-refractivity contribution is -0.140. The molecule has 0 unspecified atom stereocenters. The number of rotatable bonds is 11. The lowest BCUT2D eigenvalue weighted by Gasteiger charge is -2.13. The number of allylic oxidation sites excluding steroid dienone is 1. The highest BCUT2D eigenvalue weighted by Gasteiger charge is 2.08. The summed E-state index contributed by atoms with van der Waals surface area (Å²) in [5, 5.41) is 0. The van der Waals surface area contributed by atoms with Crippen molar-refractivity contribution in [2.75, 3.05) is 14.2 Å². The maximum Gasteiger partial charge on any atom is 0.309 e. The van der Waals surface area contributed by atoms with E-state index >= 15 is 0 Å². The number of hydrogen-bond donors (Lipinski definition) is 0. The molecule has 0 bridgehead atoms. The van der Waals surface area contributed by atoms with Gasteiger partial charge < -0.3 is 9.47 Å².